The molecule has 0 aliphatic carbocycles. The van der Waals surface area contributed by atoms with Gasteiger partial charge < -0.3 is 20.8 Å². The third kappa shape index (κ3) is 15.0. The smallest absolute Gasteiger partial charge is 0.276 e. The Balaban J connectivity index is 0.000000276. The van der Waals surface area contributed by atoms with Crippen molar-refractivity contribution in [3.8, 4) is 0 Å². The van der Waals surface area contributed by atoms with Crippen molar-refractivity contribution in [2.24, 2.45) is 0 Å². The lowest BCUT2D eigenvalue weighted by Gasteiger charge is -2.17. The topological polar surface area (TPSA) is 141 Å². The van der Waals surface area contributed by atoms with E-state index < -0.39 is 35.2 Å². The Labute approximate surface area is 331 Å². The summed E-state index contributed by atoms with van der Waals surface area (Å²) in [5, 5.41) is 25.6. The van der Waals surface area contributed by atoms with Crippen molar-refractivity contribution in [2.45, 2.75) is 45.3 Å². The van der Waals surface area contributed by atoms with Crippen molar-refractivity contribution in [1.82, 2.24) is 11.0 Å². The van der Waals surface area contributed by atoms with E-state index in [2.05, 4.69) is 66.8 Å². The molecule has 0 aliphatic rings. The molecule has 1 atom stereocenters. The number of carbonyl (C=O) groups is 2. The van der Waals surface area contributed by atoms with E-state index in [9.17, 15) is 23.5 Å². The Kier molecular flexibility index (Phi) is 17.0. The Bertz CT molecular complexity index is 1820. The van der Waals surface area contributed by atoms with Gasteiger partial charge in [-0.1, -0.05) is 23.2 Å². The zero-order valence-electron chi connectivity index (χ0n) is 27.6. The highest BCUT2D eigenvalue weighted by molar-refractivity contribution is 14.1. The van der Waals surface area contributed by atoms with Crippen LogP contribution in [0.1, 0.15) is 54.3 Å². The van der Waals surface area contributed by atoms with Crippen LogP contribution in [-0.4, -0.2) is 46.9 Å². The van der Waals surface area contributed by atoms with Crippen molar-refractivity contribution in [3.63, 3.8) is 0 Å². The van der Waals surface area contributed by atoms with E-state index in [4.69, 9.17) is 38.0 Å². The van der Waals surface area contributed by atoms with Crippen molar-refractivity contribution in [3.05, 3.63) is 113 Å². The lowest BCUT2D eigenvalue weighted by molar-refractivity contribution is -0.00569. The van der Waals surface area contributed by atoms with Crippen LogP contribution in [0.2, 0.25) is 10.0 Å². The second kappa shape index (κ2) is 20.4. The molecule has 0 aromatic heterocycles. The number of carbonyl (C=O) groups excluding carboxylic acids is 2. The van der Waals surface area contributed by atoms with Gasteiger partial charge >= 0.3 is 0 Å². The number of hydroxylamine groups is 2. The molecule has 51 heavy (non-hydrogen) atoms. The van der Waals surface area contributed by atoms with Gasteiger partial charge in [0.15, 0.2) is 0 Å². The van der Waals surface area contributed by atoms with Crippen LogP contribution in [0.4, 0.5) is 31.5 Å². The second-order valence-corrected chi connectivity index (χ2v) is 14.9. The quantitative estimate of drug-likeness (QED) is 0.0419. The first-order chi connectivity index (χ1) is 24.0. The van der Waals surface area contributed by atoms with Crippen LogP contribution in [0.15, 0.2) is 72.8 Å². The van der Waals surface area contributed by atoms with Gasteiger partial charge in [0.1, 0.15) is 11.6 Å². The summed E-state index contributed by atoms with van der Waals surface area (Å²) >= 11 is 16.6. The normalized spacial score (nSPS) is 11.6. The molecule has 0 bridgehead atoms. The number of rotatable bonds is 14. The highest BCUT2D eigenvalue weighted by Crippen LogP contribution is 2.30. The van der Waals surface area contributed by atoms with Crippen LogP contribution in [0.5, 0.6) is 0 Å². The van der Waals surface area contributed by atoms with E-state index >= 15 is 0 Å². The van der Waals surface area contributed by atoms with Crippen molar-refractivity contribution < 1.29 is 38.3 Å². The van der Waals surface area contributed by atoms with Gasteiger partial charge in [-0.15, -0.1) is 0 Å². The first-order valence-corrected chi connectivity index (χ1v) is 18.2. The maximum absolute atomic E-state index is 13.7. The van der Waals surface area contributed by atoms with Gasteiger partial charge in [-0.25, -0.2) is 19.7 Å². The average molecular weight is 971 g/mol. The molecule has 0 radical (unpaired) electrons. The summed E-state index contributed by atoms with van der Waals surface area (Å²) in [6.45, 7) is 5.21. The minimum absolute atomic E-state index is 0.141. The highest BCUT2D eigenvalue weighted by atomic mass is 127. The summed E-state index contributed by atoms with van der Waals surface area (Å²) < 4.78 is 29.2. The fourth-order valence-corrected chi connectivity index (χ4v) is 5.79. The van der Waals surface area contributed by atoms with Crippen molar-refractivity contribution in [2.75, 3.05) is 23.8 Å². The van der Waals surface area contributed by atoms with Crippen molar-refractivity contribution >= 4 is 103 Å². The summed E-state index contributed by atoms with van der Waals surface area (Å²) in [7, 11) is 0. The molecule has 16 heteroatoms. The van der Waals surface area contributed by atoms with Gasteiger partial charge in [0.2, 0.25) is 0 Å². The van der Waals surface area contributed by atoms with Crippen LogP contribution >= 0.6 is 68.4 Å². The lowest BCUT2D eigenvalue weighted by Crippen LogP contribution is -2.28. The third-order valence-electron chi connectivity index (χ3n) is 6.64. The molecule has 0 saturated heterocycles. The molecular formula is C35H36Cl2F2I2N4O6. The van der Waals surface area contributed by atoms with Crippen LogP contribution in [0.3, 0.4) is 0 Å². The van der Waals surface area contributed by atoms with Gasteiger partial charge in [-0.3, -0.25) is 19.3 Å². The molecule has 0 saturated carbocycles. The molecule has 0 aliphatic heterocycles. The number of aliphatic hydroxyl groups is 2. The van der Waals surface area contributed by atoms with Gasteiger partial charge in [0, 0.05) is 13.6 Å². The van der Waals surface area contributed by atoms with Crippen LogP contribution in [0.25, 0.3) is 0 Å². The Morgan fingerprint density at radius 1 is 0.745 bits per heavy atom. The molecule has 274 valence electrons. The molecule has 4 aromatic carbocycles. The number of amides is 2. The van der Waals surface area contributed by atoms with Crippen LogP contribution < -0.4 is 21.6 Å². The van der Waals surface area contributed by atoms with Crippen molar-refractivity contribution in [1.29, 1.82) is 0 Å². The molecule has 0 heterocycles. The van der Waals surface area contributed by atoms with Gasteiger partial charge in [-0.05, 0) is 145 Å². The molecule has 0 fully saturated rings. The predicted molar refractivity (Wildman–Crippen MR) is 212 cm³/mol. The number of hydrogen-bond acceptors (Lipinski definition) is 8. The monoisotopic (exact) mass is 970 g/mol. The second-order valence-electron chi connectivity index (χ2n) is 11.6. The van der Waals surface area contributed by atoms with E-state index in [0.29, 0.717) is 34.3 Å². The molecule has 1 unspecified atom stereocenters. The lowest BCUT2D eigenvalue weighted by atomic mass is 10.1. The Morgan fingerprint density at radius 3 is 1.57 bits per heavy atom. The summed E-state index contributed by atoms with van der Waals surface area (Å²) in [5.74, 6) is -2.05. The number of anilines is 4. The first-order valence-electron chi connectivity index (χ1n) is 15.3. The molecule has 2 amide bonds. The third-order valence-corrected chi connectivity index (χ3v) is 8.60. The highest BCUT2D eigenvalue weighted by Gasteiger charge is 2.17. The fraction of sp³-hybridized carbons (Fsp3) is 0.257. The maximum Gasteiger partial charge on any atom is 0.276 e. The standard InChI is InChI=1S/C18H19ClFIN2O3.C17H17ClFIN2O3/c1-18(2,25)7-8-26-23-17(24)13-5-3-11(20)9-16(13)22-15-6-4-12(21)10-14(15)19;1-10(23)6-7-25-22-17(24)13-4-2-11(19)8-16(13)21-15-5-3-12(20)9-14(15)18/h3-6,9-10,22,25H,7-8H2,1-2H3,(H,23,24);2-5,8-10,21,23H,6-7H2,1H3,(H,22,24). The Morgan fingerprint density at radius 2 is 1.18 bits per heavy atom. The predicted octanol–water partition coefficient (Wildman–Crippen LogP) is 8.91. The summed E-state index contributed by atoms with van der Waals surface area (Å²) in [4.78, 5) is 34.7. The molecule has 6 N–H and O–H groups in total. The zero-order valence-corrected chi connectivity index (χ0v) is 33.5. The summed E-state index contributed by atoms with van der Waals surface area (Å²) in [6.07, 6.45) is 0.204. The summed E-state index contributed by atoms with van der Waals surface area (Å²) in [5.41, 5.74) is 5.71. The zero-order chi connectivity index (χ0) is 37.7. The molecule has 10 nitrogen and oxygen atoms in total. The summed E-state index contributed by atoms with van der Waals surface area (Å²) in [6, 6.07) is 18.2. The number of benzene rings is 4. The SMILES string of the molecule is CC(C)(O)CCONC(=O)c1ccc(F)cc1Nc1ccc(I)cc1Cl.CC(O)CCONC(=O)c1ccc(F)cc1Nc1ccc(I)cc1Cl. The average Bonchev–Trinajstić information content (AvgIpc) is 3.04. The molecule has 4 rings (SSSR count). The number of nitrogens with one attached hydrogen (secondary N) is 4. The van der Waals surface area contributed by atoms with Gasteiger partial charge in [0.25, 0.3) is 11.8 Å². The molecule has 0 spiro atoms. The van der Waals surface area contributed by atoms with Gasteiger partial charge in [-0.2, -0.15) is 0 Å². The van der Waals surface area contributed by atoms with E-state index in [0.717, 1.165) is 7.14 Å². The molecule has 4 aromatic rings. The maximum atomic E-state index is 13.7. The Hall–Kier alpha value is -2.84. The van der Waals surface area contributed by atoms with E-state index in [1.807, 2.05) is 12.1 Å². The first kappa shape index (κ1) is 42.6. The number of halogens is 6. The fourth-order valence-electron chi connectivity index (χ4n) is 3.98. The number of hydrogen-bond donors (Lipinski definition) is 6. The van der Waals surface area contributed by atoms with E-state index in [1.54, 1.807) is 45.0 Å². The minimum Gasteiger partial charge on any atom is -0.393 e. The molecular weight excluding hydrogens is 935 g/mol. The van der Waals surface area contributed by atoms with E-state index in [1.165, 1.54) is 36.4 Å². The number of aliphatic hydroxyl groups excluding tert-OH is 1. The van der Waals surface area contributed by atoms with Crippen LogP contribution in [0, 0.1) is 18.8 Å². The van der Waals surface area contributed by atoms with Crippen LogP contribution in [-0.2, 0) is 9.68 Å². The largest absolute Gasteiger partial charge is 0.393 e. The van der Waals surface area contributed by atoms with E-state index in [-0.39, 0.29) is 35.7 Å². The van der Waals surface area contributed by atoms with Gasteiger partial charge in [0.05, 0.1) is 68.8 Å². The minimum atomic E-state index is -0.894.